The summed E-state index contributed by atoms with van der Waals surface area (Å²) in [4.78, 5) is 13.9. The fraction of sp³-hybridized carbons (Fsp3) is 0.917. The number of hydrogen-bond acceptors (Lipinski definition) is 4. The third kappa shape index (κ3) is 5.48. The minimum atomic E-state index is 0.0379. The lowest BCUT2D eigenvalue weighted by atomic mass is 10.1. The van der Waals surface area contributed by atoms with Crippen LogP contribution in [0.25, 0.3) is 0 Å². The quantitative estimate of drug-likeness (QED) is 0.536. The second-order valence-electron chi connectivity index (χ2n) is 4.61. The van der Waals surface area contributed by atoms with E-state index < -0.39 is 0 Å². The van der Waals surface area contributed by atoms with Crippen molar-refractivity contribution in [1.82, 2.24) is 10.2 Å². The zero-order valence-corrected chi connectivity index (χ0v) is 10.5. The number of aliphatic hydroxyl groups excluding tert-OH is 1. The van der Waals surface area contributed by atoms with E-state index in [0.717, 1.165) is 25.9 Å². The van der Waals surface area contributed by atoms with Gasteiger partial charge in [-0.3, -0.25) is 4.79 Å². The Morgan fingerprint density at radius 1 is 1.35 bits per heavy atom. The van der Waals surface area contributed by atoms with Crippen molar-refractivity contribution in [3.05, 3.63) is 0 Å². The second-order valence-corrected chi connectivity index (χ2v) is 4.61. The number of hydrogen-bond donors (Lipinski definition) is 3. The van der Waals surface area contributed by atoms with E-state index in [4.69, 9.17) is 10.8 Å². The van der Waals surface area contributed by atoms with Gasteiger partial charge >= 0.3 is 0 Å². The van der Waals surface area contributed by atoms with Crippen LogP contribution >= 0.6 is 0 Å². The van der Waals surface area contributed by atoms with Crippen molar-refractivity contribution in [3.8, 4) is 0 Å². The van der Waals surface area contributed by atoms with Crippen molar-refractivity contribution in [2.24, 2.45) is 5.73 Å². The van der Waals surface area contributed by atoms with Gasteiger partial charge in [0.1, 0.15) is 0 Å². The number of aliphatic hydroxyl groups is 1. The van der Waals surface area contributed by atoms with Gasteiger partial charge in [0, 0.05) is 38.7 Å². The van der Waals surface area contributed by atoms with Crippen molar-refractivity contribution in [2.75, 3.05) is 32.8 Å². The number of nitrogens with zero attached hydrogens (tertiary/aromatic N) is 1. The third-order valence-electron chi connectivity index (χ3n) is 3.18. The van der Waals surface area contributed by atoms with Crippen molar-refractivity contribution < 1.29 is 9.90 Å². The Morgan fingerprint density at radius 3 is 2.65 bits per heavy atom. The van der Waals surface area contributed by atoms with Gasteiger partial charge in [0.2, 0.25) is 5.91 Å². The van der Waals surface area contributed by atoms with Crippen LogP contribution in [0.2, 0.25) is 0 Å². The first-order valence-electron chi connectivity index (χ1n) is 6.60. The van der Waals surface area contributed by atoms with Gasteiger partial charge in [0.15, 0.2) is 0 Å². The zero-order valence-electron chi connectivity index (χ0n) is 10.5. The average Bonchev–Trinajstić information content (AvgIpc) is 2.38. The molecule has 17 heavy (non-hydrogen) atoms. The number of nitrogens with one attached hydrogen (secondary N) is 1. The van der Waals surface area contributed by atoms with Gasteiger partial charge in [-0.2, -0.15) is 0 Å². The predicted octanol–water partition coefficient (Wildman–Crippen LogP) is -0.312. The lowest BCUT2D eigenvalue weighted by molar-refractivity contribution is -0.132. The number of amides is 1. The lowest BCUT2D eigenvalue weighted by Gasteiger charge is -2.28. The highest BCUT2D eigenvalue weighted by Crippen LogP contribution is 2.10. The van der Waals surface area contributed by atoms with Crippen LogP contribution in [-0.2, 0) is 4.79 Å². The van der Waals surface area contributed by atoms with Gasteiger partial charge < -0.3 is 21.1 Å². The highest BCUT2D eigenvalue weighted by Gasteiger charge is 2.19. The lowest BCUT2D eigenvalue weighted by Crippen LogP contribution is -2.43. The van der Waals surface area contributed by atoms with Crippen LogP contribution in [-0.4, -0.2) is 54.7 Å². The van der Waals surface area contributed by atoms with Gasteiger partial charge in [0.05, 0.1) is 0 Å². The molecule has 4 N–H and O–H groups in total. The van der Waals surface area contributed by atoms with E-state index in [1.54, 1.807) is 0 Å². The molecular weight excluding hydrogens is 218 g/mol. The molecule has 5 heteroatoms. The van der Waals surface area contributed by atoms with Crippen LogP contribution in [0.1, 0.15) is 32.1 Å². The van der Waals surface area contributed by atoms with Crippen molar-refractivity contribution >= 4 is 5.91 Å². The first-order valence-corrected chi connectivity index (χ1v) is 6.60. The topological polar surface area (TPSA) is 78.6 Å². The molecule has 0 spiro atoms. The maximum Gasteiger partial charge on any atom is 0.224 e. The molecule has 1 rings (SSSR count). The second kappa shape index (κ2) is 8.44. The Hall–Kier alpha value is -0.650. The smallest absolute Gasteiger partial charge is 0.224 e. The van der Waals surface area contributed by atoms with E-state index in [-0.39, 0.29) is 18.6 Å². The molecule has 100 valence electrons. The average molecular weight is 243 g/mol. The molecule has 0 saturated carbocycles. The Kier molecular flexibility index (Phi) is 7.16. The first-order chi connectivity index (χ1) is 8.27. The summed E-state index contributed by atoms with van der Waals surface area (Å²) in [6, 6.07) is 0.0379. The number of rotatable bonds is 7. The Morgan fingerprint density at radius 2 is 2.06 bits per heavy atom. The normalized spacial score (nSPS) is 18.1. The number of piperidine rings is 1. The molecule has 1 amide bonds. The summed E-state index contributed by atoms with van der Waals surface area (Å²) in [6.45, 7) is 3.14. The summed E-state index contributed by atoms with van der Waals surface area (Å²) < 4.78 is 0. The first kappa shape index (κ1) is 14.4. The van der Waals surface area contributed by atoms with Crippen molar-refractivity contribution in [2.45, 2.75) is 38.1 Å². The minimum absolute atomic E-state index is 0.0379. The predicted molar refractivity (Wildman–Crippen MR) is 67.6 cm³/mol. The highest BCUT2D eigenvalue weighted by atomic mass is 16.3. The molecule has 0 aromatic heterocycles. The van der Waals surface area contributed by atoms with Crippen LogP contribution in [0, 0.1) is 0 Å². The largest absolute Gasteiger partial charge is 0.396 e. The van der Waals surface area contributed by atoms with Crippen LogP contribution in [0.4, 0.5) is 0 Å². The Balaban J connectivity index is 2.25. The monoisotopic (exact) mass is 243 g/mol. The number of carbonyl (C=O) groups is 1. The molecule has 0 aromatic carbocycles. The van der Waals surface area contributed by atoms with Crippen molar-refractivity contribution in [1.29, 1.82) is 0 Å². The van der Waals surface area contributed by atoms with Crippen molar-refractivity contribution in [3.63, 3.8) is 0 Å². The molecule has 1 saturated heterocycles. The molecule has 5 nitrogen and oxygen atoms in total. The summed E-state index contributed by atoms with van der Waals surface area (Å²) in [5.41, 5.74) is 5.64. The van der Waals surface area contributed by atoms with Crippen LogP contribution < -0.4 is 11.1 Å². The maximum atomic E-state index is 12.0. The van der Waals surface area contributed by atoms with Gasteiger partial charge in [-0.25, -0.2) is 0 Å². The van der Waals surface area contributed by atoms with Crippen LogP contribution in [0.15, 0.2) is 0 Å². The summed E-state index contributed by atoms with van der Waals surface area (Å²) in [6.07, 6.45) is 4.66. The van der Waals surface area contributed by atoms with Gasteiger partial charge in [0.25, 0.3) is 0 Å². The fourth-order valence-electron chi connectivity index (χ4n) is 2.11. The van der Waals surface area contributed by atoms with E-state index >= 15 is 0 Å². The Labute approximate surface area is 103 Å². The summed E-state index contributed by atoms with van der Waals surface area (Å²) in [5.74, 6) is 0.205. The van der Waals surface area contributed by atoms with E-state index in [1.807, 2.05) is 4.90 Å². The summed E-state index contributed by atoms with van der Waals surface area (Å²) in [5, 5.41) is 11.9. The molecule has 1 heterocycles. The summed E-state index contributed by atoms with van der Waals surface area (Å²) in [7, 11) is 0. The SMILES string of the molecule is NCC(CC(=O)N1CCCCC1)NCCCO. The fourth-order valence-corrected chi connectivity index (χ4v) is 2.11. The number of likely N-dealkylation sites (tertiary alicyclic amines) is 1. The molecule has 1 unspecified atom stereocenters. The molecular formula is C12H25N3O2. The van der Waals surface area contributed by atoms with E-state index in [9.17, 15) is 4.79 Å². The summed E-state index contributed by atoms with van der Waals surface area (Å²) >= 11 is 0. The molecule has 1 aliphatic heterocycles. The standard InChI is InChI=1S/C12H25N3O2/c13-10-11(14-5-4-8-16)9-12(17)15-6-2-1-3-7-15/h11,14,16H,1-10,13H2. The molecule has 0 bridgehead atoms. The third-order valence-corrected chi connectivity index (χ3v) is 3.18. The molecule has 0 aliphatic carbocycles. The van der Waals surface area contributed by atoms with Crippen LogP contribution in [0.3, 0.4) is 0 Å². The highest BCUT2D eigenvalue weighted by molar-refractivity contribution is 5.76. The molecule has 1 fully saturated rings. The number of carbonyl (C=O) groups excluding carboxylic acids is 1. The van der Waals surface area contributed by atoms with E-state index in [2.05, 4.69) is 5.32 Å². The zero-order chi connectivity index (χ0) is 12.5. The van der Waals surface area contributed by atoms with E-state index in [1.165, 1.54) is 6.42 Å². The van der Waals surface area contributed by atoms with Crippen LogP contribution in [0.5, 0.6) is 0 Å². The molecule has 0 radical (unpaired) electrons. The molecule has 1 atom stereocenters. The maximum absolute atomic E-state index is 12.0. The molecule has 1 aliphatic rings. The van der Waals surface area contributed by atoms with Gasteiger partial charge in [-0.1, -0.05) is 0 Å². The van der Waals surface area contributed by atoms with Gasteiger partial charge in [-0.05, 0) is 32.2 Å². The number of nitrogens with two attached hydrogens (primary N) is 1. The Bertz CT molecular complexity index is 218. The van der Waals surface area contributed by atoms with E-state index in [0.29, 0.717) is 25.9 Å². The van der Waals surface area contributed by atoms with Gasteiger partial charge in [-0.15, -0.1) is 0 Å². The molecule has 0 aromatic rings. The minimum Gasteiger partial charge on any atom is -0.396 e.